The average molecular weight is 906 g/mol. The quantitative estimate of drug-likeness (QED) is 0.104. The maximum absolute atomic E-state index is 12.2. The normalized spacial score (nSPS) is 18.2. The molecule has 2 atom stereocenters. The van der Waals surface area contributed by atoms with E-state index in [1.165, 1.54) is 11.1 Å². The summed E-state index contributed by atoms with van der Waals surface area (Å²) in [4.78, 5) is 29.1. The van der Waals surface area contributed by atoms with Crippen molar-refractivity contribution in [3.8, 4) is 11.3 Å². The number of carbonyl (C=O) groups excluding carboxylic acids is 1. The molecule has 1 saturated heterocycles. The van der Waals surface area contributed by atoms with Crippen LogP contribution in [0.15, 0.2) is 85.7 Å². The fourth-order valence-electron chi connectivity index (χ4n) is 7.17. The zero-order valence-electron chi connectivity index (χ0n) is 38.5. The van der Waals surface area contributed by atoms with Crippen LogP contribution >= 0.6 is 11.6 Å². The maximum atomic E-state index is 12.2. The standard InChI is InChI=1S/C22H26N6O3.C16H23BO3.C8H8ClN5/c1-22(2,3)31-21(29)27-19-13-30-12-15-9-14(5-6-17(15)19)18-7-8-23-20(26-18)25-16-10-24-28(4)11-16;1-11-9-18-10-12-8-13(6-7-14(11)12)17-19-15(2,3)16(4,5)20-17;1-14-5-6(4-11-14)12-8-10-3-2-7(9)13-8/h5-11,19H,12-13H2,1-4H3,(H,27,29)(H,23,25,26);6-8,11H,9-10H2,1-5H3;2-5H,1H3,(H,10,12,13). The van der Waals surface area contributed by atoms with Gasteiger partial charge in [0.2, 0.25) is 11.9 Å². The summed E-state index contributed by atoms with van der Waals surface area (Å²) in [5, 5.41) is 17.6. The van der Waals surface area contributed by atoms with Gasteiger partial charge in [-0.25, -0.2) is 24.7 Å². The first-order valence-corrected chi connectivity index (χ1v) is 21.8. The van der Waals surface area contributed by atoms with Crippen molar-refractivity contribution in [3.63, 3.8) is 0 Å². The summed E-state index contributed by atoms with van der Waals surface area (Å²) < 4.78 is 32.3. The van der Waals surface area contributed by atoms with E-state index in [0.29, 0.717) is 42.8 Å². The molecule has 65 heavy (non-hydrogen) atoms. The third-order valence-corrected chi connectivity index (χ3v) is 11.3. The van der Waals surface area contributed by atoms with Crippen LogP contribution in [0.25, 0.3) is 11.3 Å². The number of anilines is 4. The molecule has 342 valence electrons. The highest BCUT2D eigenvalue weighted by Gasteiger charge is 2.51. The number of rotatable bonds is 7. The largest absolute Gasteiger partial charge is 0.494 e. The van der Waals surface area contributed by atoms with Gasteiger partial charge in [-0.2, -0.15) is 10.2 Å². The van der Waals surface area contributed by atoms with Gasteiger partial charge in [0.25, 0.3) is 0 Å². The summed E-state index contributed by atoms with van der Waals surface area (Å²) in [6.45, 7) is 18.4. The second-order valence-corrected chi connectivity index (χ2v) is 18.5. The van der Waals surface area contributed by atoms with E-state index in [2.05, 4.69) is 98.9 Å². The van der Waals surface area contributed by atoms with E-state index in [4.69, 9.17) is 35.1 Å². The van der Waals surface area contributed by atoms with E-state index in [-0.39, 0.29) is 24.4 Å². The summed E-state index contributed by atoms with van der Waals surface area (Å²) in [5.74, 6) is 1.42. The number of nitrogens with one attached hydrogen (secondary N) is 3. The average Bonchev–Trinajstić information content (AvgIpc) is 3.91. The van der Waals surface area contributed by atoms with Crippen LogP contribution in [0, 0.1) is 0 Å². The molecule has 3 aliphatic rings. The van der Waals surface area contributed by atoms with Gasteiger partial charge < -0.3 is 39.5 Å². The molecule has 0 radical (unpaired) electrons. The van der Waals surface area contributed by atoms with Crippen LogP contribution in [0.4, 0.5) is 28.1 Å². The van der Waals surface area contributed by atoms with Crippen molar-refractivity contribution in [1.82, 2.24) is 44.8 Å². The van der Waals surface area contributed by atoms with Crippen LogP contribution in [-0.4, -0.2) is 82.7 Å². The lowest BCUT2D eigenvalue weighted by molar-refractivity contribution is 0.00578. The molecule has 19 heteroatoms. The number of hydrogen-bond acceptors (Lipinski definition) is 14. The zero-order valence-corrected chi connectivity index (χ0v) is 39.3. The van der Waals surface area contributed by atoms with Crippen molar-refractivity contribution in [2.75, 3.05) is 23.8 Å². The smallest absolute Gasteiger partial charge is 0.444 e. The van der Waals surface area contributed by atoms with Crippen molar-refractivity contribution in [1.29, 1.82) is 0 Å². The molecule has 2 unspecified atom stereocenters. The van der Waals surface area contributed by atoms with E-state index in [0.717, 1.165) is 45.8 Å². The Morgan fingerprint density at radius 3 is 1.98 bits per heavy atom. The van der Waals surface area contributed by atoms with E-state index in [1.54, 1.807) is 40.2 Å². The highest BCUT2D eigenvalue weighted by atomic mass is 35.5. The molecule has 17 nitrogen and oxygen atoms in total. The topological polar surface area (TPSA) is 187 Å². The van der Waals surface area contributed by atoms with Crippen molar-refractivity contribution >= 4 is 53.5 Å². The van der Waals surface area contributed by atoms with Gasteiger partial charge in [-0.15, -0.1) is 0 Å². The first-order valence-electron chi connectivity index (χ1n) is 21.4. The minimum atomic E-state index is -0.555. The zero-order chi connectivity index (χ0) is 46.5. The van der Waals surface area contributed by atoms with E-state index < -0.39 is 11.7 Å². The number of alkyl carbamates (subject to hydrolysis) is 1. The summed E-state index contributed by atoms with van der Waals surface area (Å²) in [6.07, 6.45) is 9.92. The Morgan fingerprint density at radius 2 is 1.38 bits per heavy atom. The molecular weight excluding hydrogens is 849 g/mol. The second-order valence-electron chi connectivity index (χ2n) is 18.1. The lowest BCUT2D eigenvalue weighted by Gasteiger charge is -2.32. The molecule has 0 spiro atoms. The SMILES string of the molecule is CC1COCc2cc(B3OC(C)(C)C(C)(C)O3)ccc21.Cn1cc(Nc2nccc(-c3ccc4c(c3)COCC4NC(=O)OC(C)(C)C)n2)cn1.Cn1cc(Nc2nccc(Cl)n2)cn1. The summed E-state index contributed by atoms with van der Waals surface area (Å²) >= 11 is 5.70. The molecule has 2 aromatic carbocycles. The Morgan fingerprint density at radius 1 is 0.800 bits per heavy atom. The second kappa shape index (κ2) is 19.7. The van der Waals surface area contributed by atoms with E-state index in [9.17, 15) is 4.79 Å². The Bertz CT molecular complexity index is 2580. The van der Waals surface area contributed by atoms with Gasteiger partial charge in [0, 0.05) is 50.4 Å². The molecule has 7 heterocycles. The van der Waals surface area contributed by atoms with Gasteiger partial charge in [0.05, 0.1) is 73.1 Å². The minimum Gasteiger partial charge on any atom is -0.444 e. The molecule has 0 saturated carbocycles. The molecule has 1 fully saturated rings. The number of halogens is 1. The predicted molar refractivity (Wildman–Crippen MR) is 249 cm³/mol. The number of aryl methyl sites for hydroxylation is 2. The minimum absolute atomic E-state index is 0.263. The molecule has 4 aromatic heterocycles. The molecule has 0 aliphatic carbocycles. The number of ether oxygens (including phenoxy) is 3. The molecule has 6 aromatic rings. The Hall–Kier alpha value is -5.92. The first-order chi connectivity index (χ1) is 30.8. The van der Waals surface area contributed by atoms with Gasteiger partial charge in [-0.1, -0.05) is 48.9 Å². The van der Waals surface area contributed by atoms with Gasteiger partial charge >= 0.3 is 13.2 Å². The van der Waals surface area contributed by atoms with Crippen molar-refractivity contribution < 1.29 is 28.3 Å². The molecule has 0 bridgehead atoms. The number of aromatic nitrogens is 8. The Balaban J connectivity index is 0.000000158. The molecule has 3 aliphatic heterocycles. The monoisotopic (exact) mass is 905 g/mol. The van der Waals surface area contributed by atoms with Gasteiger partial charge in [-0.05, 0) is 94.4 Å². The van der Waals surface area contributed by atoms with Crippen LogP contribution < -0.4 is 21.4 Å². The number of carbonyl (C=O) groups is 1. The fourth-order valence-corrected chi connectivity index (χ4v) is 7.31. The summed E-state index contributed by atoms with van der Waals surface area (Å²) in [5.41, 5.74) is 7.98. The van der Waals surface area contributed by atoms with Gasteiger partial charge in [-0.3, -0.25) is 9.36 Å². The van der Waals surface area contributed by atoms with Gasteiger partial charge in [0.1, 0.15) is 10.8 Å². The number of hydrogen-bond donors (Lipinski definition) is 3. The Kier molecular flexibility index (Phi) is 14.2. The van der Waals surface area contributed by atoms with Crippen molar-refractivity contribution in [2.24, 2.45) is 14.1 Å². The van der Waals surface area contributed by atoms with Crippen LogP contribution in [-0.2, 0) is 50.8 Å². The van der Waals surface area contributed by atoms with Crippen molar-refractivity contribution in [2.45, 2.75) is 97.4 Å². The third-order valence-electron chi connectivity index (χ3n) is 11.1. The third kappa shape index (κ3) is 12.3. The number of benzene rings is 2. The highest BCUT2D eigenvalue weighted by Crippen LogP contribution is 2.37. The maximum Gasteiger partial charge on any atom is 0.494 e. The van der Waals surface area contributed by atoms with Crippen molar-refractivity contribution in [3.05, 3.63) is 113 Å². The lowest BCUT2D eigenvalue weighted by atomic mass is 9.76. The molecule has 1 amide bonds. The molecule has 3 N–H and O–H groups in total. The van der Waals surface area contributed by atoms with E-state index >= 15 is 0 Å². The number of amides is 1. The number of fused-ring (bicyclic) bond motifs is 2. The van der Waals surface area contributed by atoms with Crippen LogP contribution in [0.2, 0.25) is 5.15 Å². The number of nitrogens with zero attached hydrogens (tertiary/aromatic N) is 8. The molecular formula is C46H57BClN11O6. The summed E-state index contributed by atoms with van der Waals surface area (Å²) in [6, 6.07) is 15.7. The van der Waals surface area contributed by atoms with Gasteiger partial charge in [0.15, 0.2) is 0 Å². The Labute approximate surface area is 385 Å². The highest BCUT2D eigenvalue weighted by molar-refractivity contribution is 6.62. The fraction of sp³-hybridized carbons (Fsp3) is 0.413. The first kappa shape index (κ1) is 47.1. The summed E-state index contributed by atoms with van der Waals surface area (Å²) in [7, 11) is 3.40. The van der Waals surface area contributed by atoms with Crippen LogP contribution in [0.3, 0.4) is 0 Å². The predicted octanol–water partition coefficient (Wildman–Crippen LogP) is 7.94. The van der Waals surface area contributed by atoms with Crippen LogP contribution in [0.1, 0.15) is 89.6 Å². The molecule has 9 rings (SSSR count). The van der Waals surface area contributed by atoms with Crippen LogP contribution in [0.5, 0.6) is 0 Å². The van der Waals surface area contributed by atoms with E-state index in [1.807, 2.05) is 71.5 Å². The lowest BCUT2D eigenvalue weighted by Crippen LogP contribution is -2.41.